The molecular formula is C10H14O2. The van der Waals surface area contributed by atoms with E-state index in [1.165, 1.54) is 0 Å². The number of aromatic hydroxyl groups is 2. The zero-order valence-corrected chi connectivity index (χ0v) is 7.46. The van der Waals surface area contributed by atoms with Crippen molar-refractivity contribution in [3.8, 4) is 11.5 Å². The van der Waals surface area contributed by atoms with E-state index in [0.29, 0.717) is 5.56 Å². The van der Waals surface area contributed by atoms with Crippen LogP contribution in [0.3, 0.4) is 0 Å². The molecular weight excluding hydrogens is 152 g/mol. The third-order valence-corrected chi connectivity index (χ3v) is 1.96. The maximum absolute atomic E-state index is 9.55. The highest BCUT2D eigenvalue weighted by molar-refractivity contribution is 5.47. The summed E-state index contributed by atoms with van der Waals surface area (Å²) < 4.78 is 0. The van der Waals surface area contributed by atoms with Gasteiger partial charge in [-0.3, -0.25) is 0 Å². The zero-order chi connectivity index (χ0) is 9.14. The topological polar surface area (TPSA) is 40.5 Å². The summed E-state index contributed by atoms with van der Waals surface area (Å²) in [5.41, 5.74) is 1.48. The van der Waals surface area contributed by atoms with Crippen LogP contribution in [-0.4, -0.2) is 10.2 Å². The maximum atomic E-state index is 9.55. The van der Waals surface area contributed by atoms with Gasteiger partial charge in [0, 0.05) is 5.56 Å². The van der Waals surface area contributed by atoms with E-state index >= 15 is 0 Å². The van der Waals surface area contributed by atoms with Crippen LogP contribution >= 0.6 is 0 Å². The Morgan fingerprint density at radius 1 is 1.25 bits per heavy atom. The molecule has 12 heavy (non-hydrogen) atoms. The Hall–Kier alpha value is -1.18. The molecule has 0 aliphatic rings. The molecule has 0 radical (unpaired) electrons. The highest BCUT2D eigenvalue weighted by Gasteiger charge is 2.07. The second-order valence-corrected chi connectivity index (χ2v) is 2.98. The van der Waals surface area contributed by atoms with Gasteiger partial charge in [-0.1, -0.05) is 19.4 Å². The van der Waals surface area contributed by atoms with Crippen LogP contribution in [0, 0.1) is 6.92 Å². The summed E-state index contributed by atoms with van der Waals surface area (Å²) in [7, 11) is 0. The van der Waals surface area contributed by atoms with Crippen molar-refractivity contribution in [2.75, 3.05) is 0 Å². The number of benzene rings is 1. The number of hydrogen-bond donors (Lipinski definition) is 2. The van der Waals surface area contributed by atoms with Crippen LogP contribution in [-0.2, 0) is 6.42 Å². The van der Waals surface area contributed by atoms with Gasteiger partial charge in [-0.25, -0.2) is 0 Å². The molecule has 2 N–H and O–H groups in total. The summed E-state index contributed by atoms with van der Waals surface area (Å²) in [6, 6.07) is 3.34. The van der Waals surface area contributed by atoms with Crippen LogP contribution in [0.5, 0.6) is 11.5 Å². The summed E-state index contributed by atoms with van der Waals surface area (Å²) in [4.78, 5) is 0. The number of phenolic OH excluding ortho intramolecular Hbond substituents is 2. The molecule has 2 heteroatoms. The molecule has 0 aliphatic carbocycles. The largest absolute Gasteiger partial charge is 0.508 e. The Kier molecular flexibility index (Phi) is 2.58. The van der Waals surface area contributed by atoms with Gasteiger partial charge in [-0.2, -0.15) is 0 Å². The standard InChI is InChI=1S/C10H14O2/c1-3-4-8-9(11)6-5-7(2)10(8)12/h5-6,11-12H,3-4H2,1-2H3. The SMILES string of the molecule is CCCc1c(O)ccc(C)c1O. The molecule has 1 aromatic rings. The van der Waals surface area contributed by atoms with Crippen molar-refractivity contribution in [2.45, 2.75) is 26.7 Å². The first-order valence-electron chi connectivity index (χ1n) is 4.17. The van der Waals surface area contributed by atoms with E-state index in [2.05, 4.69) is 0 Å². The van der Waals surface area contributed by atoms with Crippen molar-refractivity contribution in [3.63, 3.8) is 0 Å². The molecule has 0 atom stereocenters. The van der Waals surface area contributed by atoms with Crippen LogP contribution in [0.25, 0.3) is 0 Å². The van der Waals surface area contributed by atoms with Crippen molar-refractivity contribution in [1.29, 1.82) is 0 Å². The summed E-state index contributed by atoms with van der Waals surface area (Å²) >= 11 is 0. The van der Waals surface area contributed by atoms with E-state index < -0.39 is 0 Å². The van der Waals surface area contributed by atoms with Crippen LogP contribution in [0.1, 0.15) is 24.5 Å². The third kappa shape index (κ3) is 1.52. The van der Waals surface area contributed by atoms with E-state index in [9.17, 15) is 10.2 Å². The molecule has 2 nitrogen and oxygen atoms in total. The van der Waals surface area contributed by atoms with E-state index in [0.717, 1.165) is 18.4 Å². The molecule has 0 heterocycles. The number of phenols is 2. The predicted octanol–water partition coefficient (Wildman–Crippen LogP) is 2.36. The first-order valence-corrected chi connectivity index (χ1v) is 4.17. The Bertz CT molecular complexity index is 279. The quantitative estimate of drug-likeness (QED) is 0.708. The van der Waals surface area contributed by atoms with E-state index in [1.807, 2.05) is 13.8 Å². The predicted molar refractivity (Wildman–Crippen MR) is 48.5 cm³/mol. The van der Waals surface area contributed by atoms with Crippen molar-refractivity contribution in [2.24, 2.45) is 0 Å². The number of rotatable bonds is 2. The van der Waals surface area contributed by atoms with Crippen LogP contribution in [0.2, 0.25) is 0 Å². The van der Waals surface area contributed by atoms with Gasteiger partial charge in [-0.15, -0.1) is 0 Å². The van der Waals surface area contributed by atoms with E-state index in [1.54, 1.807) is 12.1 Å². The minimum Gasteiger partial charge on any atom is -0.508 e. The van der Waals surface area contributed by atoms with Crippen molar-refractivity contribution < 1.29 is 10.2 Å². The van der Waals surface area contributed by atoms with Crippen molar-refractivity contribution in [3.05, 3.63) is 23.3 Å². The lowest BCUT2D eigenvalue weighted by molar-refractivity contribution is 0.435. The fourth-order valence-electron chi connectivity index (χ4n) is 1.24. The molecule has 0 saturated carbocycles. The fourth-order valence-corrected chi connectivity index (χ4v) is 1.24. The lowest BCUT2D eigenvalue weighted by Gasteiger charge is -2.07. The average molecular weight is 166 g/mol. The number of hydrogen-bond acceptors (Lipinski definition) is 2. The Morgan fingerprint density at radius 3 is 2.50 bits per heavy atom. The molecule has 0 unspecified atom stereocenters. The molecule has 66 valence electrons. The molecule has 0 fully saturated rings. The Morgan fingerprint density at radius 2 is 1.92 bits per heavy atom. The monoisotopic (exact) mass is 166 g/mol. The van der Waals surface area contributed by atoms with Gasteiger partial charge >= 0.3 is 0 Å². The minimum absolute atomic E-state index is 0.194. The zero-order valence-electron chi connectivity index (χ0n) is 7.46. The van der Waals surface area contributed by atoms with Gasteiger partial charge in [-0.05, 0) is 25.0 Å². The minimum atomic E-state index is 0.194. The third-order valence-electron chi connectivity index (χ3n) is 1.96. The van der Waals surface area contributed by atoms with Crippen LogP contribution in [0.4, 0.5) is 0 Å². The highest BCUT2D eigenvalue weighted by Crippen LogP contribution is 2.30. The molecule has 0 bridgehead atoms. The van der Waals surface area contributed by atoms with Gasteiger partial charge in [0.2, 0.25) is 0 Å². The molecule has 0 saturated heterocycles. The first-order chi connectivity index (χ1) is 5.66. The van der Waals surface area contributed by atoms with Crippen LogP contribution in [0.15, 0.2) is 12.1 Å². The number of aryl methyl sites for hydroxylation is 1. The van der Waals surface area contributed by atoms with Gasteiger partial charge in [0.1, 0.15) is 11.5 Å². The summed E-state index contributed by atoms with van der Waals surface area (Å²) in [6.07, 6.45) is 1.64. The van der Waals surface area contributed by atoms with Crippen molar-refractivity contribution in [1.82, 2.24) is 0 Å². The van der Waals surface area contributed by atoms with Crippen molar-refractivity contribution >= 4 is 0 Å². The molecule has 0 spiro atoms. The molecule has 0 aromatic heterocycles. The second-order valence-electron chi connectivity index (χ2n) is 2.98. The maximum Gasteiger partial charge on any atom is 0.125 e. The second kappa shape index (κ2) is 3.48. The summed E-state index contributed by atoms with van der Waals surface area (Å²) in [5.74, 6) is 0.428. The average Bonchev–Trinajstić information content (AvgIpc) is 2.06. The molecule has 0 amide bonds. The fraction of sp³-hybridized carbons (Fsp3) is 0.400. The smallest absolute Gasteiger partial charge is 0.125 e. The first kappa shape index (κ1) is 8.91. The van der Waals surface area contributed by atoms with Gasteiger partial charge in [0.05, 0.1) is 0 Å². The van der Waals surface area contributed by atoms with E-state index in [-0.39, 0.29) is 11.5 Å². The summed E-state index contributed by atoms with van der Waals surface area (Å²) in [6.45, 7) is 3.84. The van der Waals surface area contributed by atoms with Gasteiger partial charge < -0.3 is 10.2 Å². The Balaban J connectivity index is 3.14. The summed E-state index contributed by atoms with van der Waals surface area (Å²) in [5, 5.41) is 18.9. The van der Waals surface area contributed by atoms with E-state index in [4.69, 9.17) is 0 Å². The lowest BCUT2D eigenvalue weighted by atomic mass is 10.0. The molecule has 0 aliphatic heterocycles. The normalized spacial score (nSPS) is 10.2. The van der Waals surface area contributed by atoms with Crippen LogP contribution < -0.4 is 0 Å². The lowest BCUT2D eigenvalue weighted by Crippen LogP contribution is -1.87. The van der Waals surface area contributed by atoms with Gasteiger partial charge in [0.15, 0.2) is 0 Å². The Labute approximate surface area is 72.5 Å². The molecule has 1 rings (SSSR count). The highest BCUT2D eigenvalue weighted by atomic mass is 16.3. The molecule has 1 aromatic carbocycles. The van der Waals surface area contributed by atoms with Gasteiger partial charge in [0.25, 0.3) is 0 Å².